The molecule has 0 bridgehead atoms. The number of rotatable bonds is 7. The van der Waals surface area contributed by atoms with E-state index in [0.29, 0.717) is 29.3 Å². The number of hydrogen-bond donors (Lipinski definition) is 1. The number of nitrogens with zero attached hydrogens (tertiary/aromatic N) is 1. The minimum atomic E-state index is -0.351. The lowest BCUT2D eigenvalue weighted by Crippen LogP contribution is -2.37. The lowest BCUT2D eigenvalue weighted by atomic mass is 9.83. The number of nitro groups is 1. The van der Waals surface area contributed by atoms with Gasteiger partial charge in [0.2, 0.25) is 0 Å². The van der Waals surface area contributed by atoms with Gasteiger partial charge in [-0.1, -0.05) is 38.4 Å². The first-order valence-electron chi connectivity index (χ1n) is 7.03. The van der Waals surface area contributed by atoms with Gasteiger partial charge in [0.05, 0.1) is 4.92 Å². The van der Waals surface area contributed by atoms with E-state index in [4.69, 9.17) is 11.6 Å². The van der Waals surface area contributed by atoms with Crippen LogP contribution >= 0.6 is 11.6 Å². The van der Waals surface area contributed by atoms with Crippen molar-refractivity contribution >= 4 is 17.3 Å². The van der Waals surface area contributed by atoms with Crippen molar-refractivity contribution in [1.82, 2.24) is 5.32 Å². The van der Waals surface area contributed by atoms with E-state index in [2.05, 4.69) is 33.0 Å². The third-order valence-electron chi connectivity index (χ3n) is 3.72. The van der Waals surface area contributed by atoms with Crippen LogP contribution < -0.4 is 5.32 Å². The van der Waals surface area contributed by atoms with Crippen LogP contribution in [0.4, 0.5) is 5.69 Å². The van der Waals surface area contributed by atoms with Crippen LogP contribution in [0.15, 0.2) is 18.2 Å². The normalized spacial score (nSPS) is 14.3. The highest BCUT2D eigenvalue weighted by Crippen LogP contribution is 2.29. The molecule has 20 heavy (non-hydrogen) atoms. The van der Waals surface area contributed by atoms with Crippen LogP contribution in [0.5, 0.6) is 0 Å². The first-order valence-corrected chi connectivity index (χ1v) is 7.40. The zero-order valence-corrected chi connectivity index (χ0v) is 13.3. The Labute approximate surface area is 125 Å². The van der Waals surface area contributed by atoms with Crippen molar-refractivity contribution in [3.63, 3.8) is 0 Å². The minimum Gasteiger partial charge on any atom is -0.314 e. The molecule has 0 fully saturated rings. The zero-order valence-electron chi connectivity index (χ0n) is 12.5. The molecule has 2 atom stereocenters. The molecule has 0 aliphatic heterocycles. The molecule has 0 amide bonds. The summed E-state index contributed by atoms with van der Waals surface area (Å²) in [6.07, 6.45) is 0.680. The Bertz CT molecular complexity index is 463. The van der Waals surface area contributed by atoms with Gasteiger partial charge < -0.3 is 5.32 Å². The summed E-state index contributed by atoms with van der Waals surface area (Å²) in [5.74, 6) is 0.786. The molecular weight excluding hydrogens is 276 g/mol. The van der Waals surface area contributed by atoms with Crippen LogP contribution in [0.25, 0.3) is 0 Å². The predicted molar refractivity (Wildman–Crippen MR) is 83.3 cm³/mol. The van der Waals surface area contributed by atoms with Gasteiger partial charge in [0.1, 0.15) is 0 Å². The molecule has 0 aliphatic rings. The van der Waals surface area contributed by atoms with Gasteiger partial charge in [-0.25, -0.2) is 0 Å². The quantitative estimate of drug-likeness (QED) is 0.610. The lowest BCUT2D eigenvalue weighted by Gasteiger charge is -2.28. The Morgan fingerprint density at radius 1 is 1.35 bits per heavy atom. The van der Waals surface area contributed by atoms with E-state index in [0.717, 1.165) is 12.1 Å². The molecular formula is C15H23ClN2O2. The molecule has 0 heterocycles. The molecule has 1 aromatic rings. The third kappa shape index (κ3) is 4.46. The molecule has 2 unspecified atom stereocenters. The monoisotopic (exact) mass is 298 g/mol. The Morgan fingerprint density at radius 3 is 2.50 bits per heavy atom. The molecule has 4 nitrogen and oxygen atoms in total. The predicted octanol–water partition coefficient (Wildman–Crippen LogP) is 4.06. The van der Waals surface area contributed by atoms with Crippen LogP contribution in [-0.4, -0.2) is 17.5 Å². The second kappa shape index (κ2) is 7.60. The minimum absolute atomic E-state index is 0.117. The number of hydrogen-bond acceptors (Lipinski definition) is 3. The Hall–Kier alpha value is -1.13. The zero-order chi connectivity index (χ0) is 15.3. The average molecular weight is 299 g/mol. The lowest BCUT2D eigenvalue weighted by molar-refractivity contribution is -0.385. The van der Waals surface area contributed by atoms with Crippen LogP contribution in [0, 0.1) is 22.0 Å². The standard InChI is InChI=1S/C15H23ClN2O2/c1-5-17-11(4)14(10(2)3)8-12-6-7-13(16)9-15(12)18(19)20/h6-7,9-11,14,17H,5,8H2,1-4H3. The third-order valence-corrected chi connectivity index (χ3v) is 3.96. The van der Waals surface area contributed by atoms with Crippen molar-refractivity contribution in [1.29, 1.82) is 0 Å². The highest BCUT2D eigenvalue weighted by Gasteiger charge is 2.24. The number of halogens is 1. The van der Waals surface area contributed by atoms with Gasteiger partial charge in [0.15, 0.2) is 0 Å². The Balaban J connectivity index is 3.02. The first kappa shape index (κ1) is 16.9. The van der Waals surface area contributed by atoms with Gasteiger partial charge in [0, 0.05) is 22.7 Å². The van der Waals surface area contributed by atoms with Crippen molar-refractivity contribution in [2.45, 2.75) is 40.2 Å². The fraction of sp³-hybridized carbons (Fsp3) is 0.600. The van der Waals surface area contributed by atoms with E-state index in [9.17, 15) is 10.1 Å². The molecule has 5 heteroatoms. The van der Waals surface area contributed by atoms with E-state index in [-0.39, 0.29) is 10.6 Å². The van der Waals surface area contributed by atoms with E-state index >= 15 is 0 Å². The van der Waals surface area contributed by atoms with E-state index in [1.807, 2.05) is 0 Å². The van der Waals surface area contributed by atoms with Gasteiger partial charge in [0.25, 0.3) is 5.69 Å². The maximum absolute atomic E-state index is 11.2. The van der Waals surface area contributed by atoms with Crippen LogP contribution in [0.2, 0.25) is 5.02 Å². The number of benzene rings is 1. The Morgan fingerprint density at radius 2 is 2.00 bits per heavy atom. The molecule has 1 rings (SSSR count). The van der Waals surface area contributed by atoms with Gasteiger partial charge in [-0.3, -0.25) is 10.1 Å². The highest BCUT2D eigenvalue weighted by atomic mass is 35.5. The molecule has 0 aromatic heterocycles. The topological polar surface area (TPSA) is 55.2 Å². The van der Waals surface area contributed by atoms with Crippen LogP contribution in [-0.2, 0) is 6.42 Å². The van der Waals surface area contributed by atoms with Crippen LogP contribution in [0.3, 0.4) is 0 Å². The maximum atomic E-state index is 11.2. The highest BCUT2D eigenvalue weighted by molar-refractivity contribution is 6.30. The van der Waals surface area contributed by atoms with Crippen molar-refractivity contribution in [3.8, 4) is 0 Å². The molecule has 0 radical (unpaired) electrons. The van der Waals surface area contributed by atoms with Crippen molar-refractivity contribution in [2.75, 3.05) is 6.54 Å². The smallest absolute Gasteiger partial charge is 0.274 e. The van der Waals surface area contributed by atoms with Crippen molar-refractivity contribution in [2.24, 2.45) is 11.8 Å². The van der Waals surface area contributed by atoms with Gasteiger partial charge in [-0.05, 0) is 37.8 Å². The fourth-order valence-electron chi connectivity index (χ4n) is 2.60. The molecule has 1 N–H and O–H groups in total. The van der Waals surface area contributed by atoms with Crippen molar-refractivity contribution < 1.29 is 4.92 Å². The summed E-state index contributed by atoms with van der Waals surface area (Å²) in [6, 6.07) is 5.25. The van der Waals surface area contributed by atoms with E-state index in [1.165, 1.54) is 6.07 Å². The summed E-state index contributed by atoms with van der Waals surface area (Å²) in [5.41, 5.74) is 0.870. The largest absolute Gasteiger partial charge is 0.314 e. The molecule has 1 aromatic carbocycles. The molecule has 0 saturated carbocycles. The van der Waals surface area contributed by atoms with Crippen LogP contribution in [0.1, 0.15) is 33.3 Å². The summed E-state index contributed by atoms with van der Waals surface area (Å²) >= 11 is 5.86. The summed E-state index contributed by atoms with van der Waals surface area (Å²) in [4.78, 5) is 10.8. The van der Waals surface area contributed by atoms with Gasteiger partial charge in [-0.15, -0.1) is 0 Å². The maximum Gasteiger partial charge on any atom is 0.274 e. The molecule has 112 valence electrons. The van der Waals surface area contributed by atoms with Crippen molar-refractivity contribution in [3.05, 3.63) is 38.9 Å². The summed E-state index contributed by atoms with van der Waals surface area (Å²) in [7, 11) is 0. The van der Waals surface area contributed by atoms with Gasteiger partial charge >= 0.3 is 0 Å². The Kier molecular flexibility index (Phi) is 6.43. The molecule has 0 saturated heterocycles. The summed E-state index contributed by atoms with van der Waals surface area (Å²) < 4.78 is 0. The van der Waals surface area contributed by atoms with Gasteiger partial charge in [-0.2, -0.15) is 0 Å². The second-order valence-corrected chi connectivity index (χ2v) is 5.92. The second-order valence-electron chi connectivity index (χ2n) is 5.49. The number of nitrogens with one attached hydrogen (secondary N) is 1. The van der Waals surface area contributed by atoms with E-state index < -0.39 is 0 Å². The number of nitro benzene ring substituents is 1. The summed E-state index contributed by atoms with van der Waals surface area (Å²) in [6.45, 7) is 9.40. The fourth-order valence-corrected chi connectivity index (χ4v) is 2.76. The first-order chi connectivity index (χ1) is 9.36. The van der Waals surface area contributed by atoms with E-state index in [1.54, 1.807) is 12.1 Å². The molecule has 0 spiro atoms. The average Bonchev–Trinajstić information content (AvgIpc) is 2.36. The summed E-state index contributed by atoms with van der Waals surface area (Å²) in [5, 5.41) is 15.0. The molecule has 0 aliphatic carbocycles. The SMILES string of the molecule is CCNC(C)C(Cc1ccc(Cl)cc1[N+](=O)[O-])C(C)C.